The smallest absolute Gasteiger partial charge is 0.480 e. The average Bonchev–Trinajstić information content (AvgIpc) is 3.23. The van der Waals surface area contributed by atoms with Gasteiger partial charge in [0.15, 0.2) is 0 Å². The molecule has 0 saturated heterocycles. The highest BCUT2D eigenvalue weighted by Crippen LogP contribution is 2.53. The largest absolute Gasteiger partial charge is 0.733 e. The third kappa shape index (κ3) is 3.67. The Morgan fingerprint density at radius 2 is 0.683 bits per heavy atom. The highest BCUT2D eigenvalue weighted by molar-refractivity contribution is 6.80. The Balaban J connectivity index is 1.55. The number of fused-ring (bicyclic) bond motifs is 6. The maximum absolute atomic E-state index is 7.46. The van der Waals surface area contributed by atoms with Gasteiger partial charge in [-0.25, -0.2) is 0 Å². The summed E-state index contributed by atoms with van der Waals surface area (Å²) in [6.07, 6.45) is 0. The van der Waals surface area contributed by atoms with Gasteiger partial charge in [-0.05, 0) is 48.5 Å². The summed E-state index contributed by atoms with van der Waals surface area (Å²) in [4.78, 5) is 0. The van der Waals surface area contributed by atoms with Crippen LogP contribution in [0.4, 0.5) is 22.7 Å². The van der Waals surface area contributed by atoms with Crippen LogP contribution in [-0.2, 0) is 0 Å². The molecule has 2 heterocycles. The fourth-order valence-corrected chi connectivity index (χ4v) is 9.49. The van der Waals surface area contributed by atoms with Crippen molar-refractivity contribution in [2.45, 2.75) is 0 Å². The highest BCUT2D eigenvalue weighted by Gasteiger charge is 2.63. The van der Waals surface area contributed by atoms with Gasteiger partial charge in [0.05, 0.1) is 0 Å². The zero-order valence-electron chi connectivity index (χ0n) is 22.2. The van der Waals surface area contributed by atoms with Gasteiger partial charge in [0.1, 0.15) is 11.5 Å². The summed E-state index contributed by atoms with van der Waals surface area (Å²) in [6.45, 7) is 0. The van der Waals surface area contributed by atoms with Gasteiger partial charge in [-0.1, -0.05) is 109 Å². The van der Waals surface area contributed by atoms with E-state index < -0.39 is 8.88 Å². The van der Waals surface area contributed by atoms with Crippen LogP contribution in [-0.4, -0.2) is 8.88 Å². The van der Waals surface area contributed by atoms with Crippen molar-refractivity contribution in [3.63, 3.8) is 0 Å². The average molecular weight is 547 g/mol. The summed E-state index contributed by atoms with van der Waals surface area (Å²) >= 11 is 0. The Hall–Kier alpha value is -5.26. The maximum atomic E-state index is 7.46. The van der Waals surface area contributed by atoms with Gasteiger partial charge in [0.2, 0.25) is 0 Å². The van der Waals surface area contributed by atoms with Crippen molar-refractivity contribution in [2.75, 3.05) is 9.13 Å². The number of rotatable bonds is 2. The van der Waals surface area contributed by atoms with Crippen LogP contribution in [0.3, 0.4) is 0 Å². The predicted octanol–water partition coefficient (Wildman–Crippen LogP) is 9.22. The summed E-state index contributed by atoms with van der Waals surface area (Å²) < 4.78 is 19.6. The lowest BCUT2D eigenvalue weighted by molar-refractivity contribution is 0.384. The van der Waals surface area contributed by atoms with Crippen LogP contribution in [0, 0.1) is 0 Å². The quantitative estimate of drug-likeness (QED) is 0.202. The molecule has 2 aliphatic heterocycles. The van der Waals surface area contributed by atoms with Crippen molar-refractivity contribution >= 4 is 31.6 Å². The van der Waals surface area contributed by atoms with E-state index in [0.29, 0.717) is 0 Å². The fourth-order valence-electron chi connectivity index (χ4n) is 6.00. The van der Waals surface area contributed by atoms with E-state index in [1.165, 1.54) is 0 Å². The molecular weight excluding hydrogens is 520 g/mol. The van der Waals surface area contributed by atoms with E-state index in [2.05, 4.69) is 143 Å². The molecule has 0 radical (unpaired) electrons. The van der Waals surface area contributed by atoms with Crippen molar-refractivity contribution in [2.24, 2.45) is 0 Å². The van der Waals surface area contributed by atoms with E-state index in [-0.39, 0.29) is 0 Å². The van der Waals surface area contributed by atoms with Crippen LogP contribution in [0.15, 0.2) is 158 Å². The molecule has 196 valence electrons. The number of hydrogen-bond acceptors (Lipinski definition) is 4. The molecular formula is C36H26N2O2Si. The number of para-hydroxylation sites is 6. The second-order valence-electron chi connectivity index (χ2n) is 10.1. The van der Waals surface area contributed by atoms with E-state index >= 15 is 0 Å². The number of nitrogens with zero attached hydrogens (tertiary/aromatic N) is 2. The van der Waals surface area contributed by atoms with Crippen LogP contribution >= 0.6 is 0 Å². The molecule has 0 N–H and O–H groups in total. The minimum absolute atomic E-state index is 0.794. The van der Waals surface area contributed by atoms with Gasteiger partial charge in [-0.2, -0.15) is 0 Å². The molecule has 0 aliphatic carbocycles. The van der Waals surface area contributed by atoms with Gasteiger partial charge in [0, 0.05) is 45.0 Å². The minimum atomic E-state index is -3.75. The second kappa shape index (κ2) is 9.43. The molecule has 8 rings (SSSR count). The molecule has 1 spiro atoms. The number of hydrogen-bond donors (Lipinski definition) is 0. The lowest BCUT2D eigenvalue weighted by Crippen LogP contribution is -2.72. The predicted molar refractivity (Wildman–Crippen MR) is 168 cm³/mol. The van der Waals surface area contributed by atoms with E-state index in [9.17, 15) is 0 Å². The summed E-state index contributed by atoms with van der Waals surface area (Å²) in [5.41, 5.74) is 8.33. The van der Waals surface area contributed by atoms with E-state index in [0.717, 1.165) is 56.5 Å². The normalized spacial score (nSPS) is 14.3. The molecule has 5 heteroatoms. The first-order valence-corrected chi connectivity index (χ1v) is 15.5. The third-order valence-corrected chi connectivity index (χ3v) is 10.8. The highest BCUT2D eigenvalue weighted by atomic mass is 28.4. The Kier molecular flexibility index (Phi) is 5.43. The molecule has 41 heavy (non-hydrogen) atoms. The maximum Gasteiger partial charge on any atom is 0.733 e. The number of benzene rings is 6. The number of anilines is 4. The first-order chi connectivity index (χ1) is 20.3. The van der Waals surface area contributed by atoms with Gasteiger partial charge in [-0.3, -0.25) is 9.13 Å². The molecule has 6 aromatic carbocycles. The van der Waals surface area contributed by atoms with Crippen LogP contribution in [0.25, 0.3) is 22.3 Å². The van der Waals surface area contributed by atoms with Crippen LogP contribution < -0.4 is 18.0 Å². The molecule has 4 nitrogen and oxygen atoms in total. The van der Waals surface area contributed by atoms with Gasteiger partial charge in [-0.15, -0.1) is 0 Å². The van der Waals surface area contributed by atoms with Gasteiger partial charge < -0.3 is 8.85 Å². The van der Waals surface area contributed by atoms with Crippen molar-refractivity contribution in [3.8, 4) is 33.8 Å². The molecule has 0 fully saturated rings. The Bertz CT molecular complexity index is 1740. The zero-order valence-corrected chi connectivity index (χ0v) is 23.2. The molecule has 0 unspecified atom stereocenters. The molecule has 0 bridgehead atoms. The van der Waals surface area contributed by atoms with Crippen LogP contribution in [0.2, 0.25) is 0 Å². The first kappa shape index (κ1) is 23.6. The summed E-state index contributed by atoms with van der Waals surface area (Å²) in [5.74, 6) is 1.59. The Morgan fingerprint density at radius 1 is 0.341 bits per heavy atom. The topological polar surface area (TPSA) is 24.9 Å². The summed E-state index contributed by atoms with van der Waals surface area (Å²) in [5, 5.41) is 0. The van der Waals surface area contributed by atoms with Crippen molar-refractivity contribution in [1.82, 2.24) is 0 Å². The van der Waals surface area contributed by atoms with E-state index in [1.54, 1.807) is 0 Å². The van der Waals surface area contributed by atoms with Crippen molar-refractivity contribution in [1.29, 1.82) is 0 Å². The summed E-state index contributed by atoms with van der Waals surface area (Å²) in [6, 6.07) is 54.6. The monoisotopic (exact) mass is 546 g/mol. The Morgan fingerprint density at radius 3 is 1.12 bits per heavy atom. The zero-order chi connectivity index (χ0) is 27.2. The molecule has 2 aliphatic rings. The Labute approximate surface area is 240 Å². The SMILES string of the molecule is c1ccc(N2c3ccccc3-c3ccccc3O[Si]23Oc2ccccc2-c2ccccc2N3c2ccccc2)cc1. The first-order valence-electron chi connectivity index (χ1n) is 13.8. The van der Waals surface area contributed by atoms with E-state index in [1.807, 2.05) is 24.3 Å². The lowest BCUT2D eigenvalue weighted by Gasteiger charge is -2.44. The van der Waals surface area contributed by atoms with Crippen LogP contribution in [0.1, 0.15) is 0 Å². The second-order valence-corrected chi connectivity index (χ2v) is 12.5. The molecule has 0 amide bonds. The van der Waals surface area contributed by atoms with Gasteiger partial charge in [0.25, 0.3) is 0 Å². The lowest BCUT2D eigenvalue weighted by atomic mass is 10.0. The van der Waals surface area contributed by atoms with Crippen molar-refractivity contribution < 1.29 is 8.85 Å². The fraction of sp³-hybridized carbons (Fsp3) is 0. The molecule has 0 saturated carbocycles. The molecule has 6 aromatic rings. The van der Waals surface area contributed by atoms with E-state index in [4.69, 9.17) is 8.85 Å². The standard InChI is InChI=1S/C36H26N2O2Si/c1-3-15-27(16-4-1)37-33-23-11-7-19-29(33)31-21-9-13-25-35(31)39-41(37)38(28-17-5-2-6-18-28)34-24-12-8-20-30(34)32-22-10-14-26-36(32)40-41/h1-26H. The van der Waals surface area contributed by atoms with Crippen LogP contribution in [0.5, 0.6) is 11.5 Å². The third-order valence-electron chi connectivity index (χ3n) is 7.72. The van der Waals surface area contributed by atoms with Gasteiger partial charge >= 0.3 is 8.88 Å². The molecule has 0 aromatic heterocycles. The summed E-state index contributed by atoms with van der Waals surface area (Å²) in [7, 11) is -3.75. The minimum Gasteiger partial charge on any atom is -0.480 e. The van der Waals surface area contributed by atoms with Crippen molar-refractivity contribution in [3.05, 3.63) is 158 Å². The molecule has 0 atom stereocenters.